The van der Waals surface area contributed by atoms with Crippen LogP contribution in [0.15, 0.2) is 58.5 Å². The number of thiocarbonyl (C=S) groups is 1. The molecule has 0 unspecified atom stereocenters. The van der Waals surface area contributed by atoms with Gasteiger partial charge in [-0.15, -0.1) is 0 Å². The van der Waals surface area contributed by atoms with E-state index in [-0.39, 0.29) is 10.7 Å². The normalized spacial score (nSPS) is 16.6. The quantitative estimate of drug-likeness (QED) is 0.509. The van der Waals surface area contributed by atoms with Crippen LogP contribution in [0.5, 0.6) is 0 Å². The van der Waals surface area contributed by atoms with Gasteiger partial charge in [-0.25, -0.2) is 0 Å². The maximum absolute atomic E-state index is 12.8. The Morgan fingerprint density at radius 2 is 2.00 bits per heavy atom. The van der Waals surface area contributed by atoms with Crippen LogP contribution in [0.3, 0.4) is 0 Å². The zero-order valence-corrected chi connectivity index (χ0v) is 15.3. The lowest BCUT2D eigenvalue weighted by Crippen LogP contribution is -2.54. The van der Waals surface area contributed by atoms with Gasteiger partial charge in [-0.1, -0.05) is 24.3 Å². The number of hydrogen-bond acceptors (Lipinski definition) is 4. The first-order chi connectivity index (χ1) is 12.5. The van der Waals surface area contributed by atoms with Gasteiger partial charge >= 0.3 is 0 Å². The lowest BCUT2D eigenvalue weighted by molar-refractivity contribution is -0.122. The van der Waals surface area contributed by atoms with Crippen molar-refractivity contribution in [2.24, 2.45) is 0 Å². The number of rotatable bonds is 4. The van der Waals surface area contributed by atoms with Crippen LogP contribution < -0.4 is 10.2 Å². The molecule has 0 bridgehead atoms. The molecule has 1 aliphatic heterocycles. The molecule has 3 rings (SSSR count). The fourth-order valence-corrected chi connectivity index (χ4v) is 2.91. The molecule has 0 spiro atoms. The van der Waals surface area contributed by atoms with E-state index in [1.807, 2.05) is 50.3 Å². The first-order valence-corrected chi connectivity index (χ1v) is 8.56. The zero-order valence-electron chi connectivity index (χ0n) is 14.5. The molecule has 6 heteroatoms. The predicted octanol–water partition coefficient (Wildman–Crippen LogP) is 3.67. The molecule has 26 heavy (non-hydrogen) atoms. The minimum atomic E-state index is -0.480. The Bertz CT molecular complexity index is 940. The van der Waals surface area contributed by atoms with E-state index >= 15 is 0 Å². The second-order valence-electron chi connectivity index (χ2n) is 5.94. The average Bonchev–Trinajstić information content (AvgIpc) is 2.99. The Hall–Kier alpha value is -2.99. The molecule has 2 amide bonds. The Morgan fingerprint density at radius 1 is 1.19 bits per heavy atom. The predicted molar refractivity (Wildman–Crippen MR) is 105 cm³/mol. The Labute approximate surface area is 157 Å². The van der Waals surface area contributed by atoms with Gasteiger partial charge in [-0.2, -0.15) is 0 Å². The van der Waals surface area contributed by atoms with Crippen molar-refractivity contribution in [3.8, 4) is 0 Å². The number of amides is 2. The molecule has 0 saturated carbocycles. The summed E-state index contributed by atoms with van der Waals surface area (Å²) < 4.78 is 5.44. The molecule has 1 fully saturated rings. The smallest absolute Gasteiger partial charge is 0.269 e. The summed E-state index contributed by atoms with van der Waals surface area (Å²) in [4.78, 5) is 26.3. The standard InChI is InChI=1S/C20H18N2O3S/c1-13-6-5-7-15(12-13)22-19(24)17(18(23)21-20(22)26)9-4-3-8-16-11-10-14(2)25-16/h3,5-12H,4H2,1-2H3,(H,21,23,26)/b8-3+,17-9+. The first-order valence-electron chi connectivity index (χ1n) is 8.15. The van der Waals surface area contributed by atoms with E-state index in [0.717, 1.165) is 17.1 Å². The van der Waals surface area contributed by atoms with Crippen molar-refractivity contribution in [1.29, 1.82) is 0 Å². The monoisotopic (exact) mass is 366 g/mol. The first kappa shape index (κ1) is 17.8. The highest BCUT2D eigenvalue weighted by atomic mass is 32.1. The number of carbonyl (C=O) groups is 2. The fourth-order valence-electron chi connectivity index (χ4n) is 2.62. The van der Waals surface area contributed by atoms with Crippen molar-refractivity contribution < 1.29 is 14.0 Å². The van der Waals surface area contributed by atoms with Gasteiger partial charge in [0.05, 0.1) is 5.69 Å². The summed E-state index contributed by atoms with van der Waals surface area (Å²) in [7, 11) is 0. The molecular formula is C20H18N2O3S. The maximum atomic E-state index is 12.8. The van der Waals surface area contributed by atoms with E-state index < -0.39 is 11.8 Å². The summed E-state index contributed by atoms with van der Waals surface area (Å²) in [5.74, 6) is 0.646. The number of nitrogens with one attached hydrogen (secondary N) is 1. The number of allylic oxidation sites excluding steroid dienone is 2. The van der Waals surface area contributed by atoms with Crippen LogP contribution in [-0.2, 0) is 9.59 Å². The van der Waals surface area contributed by atoms with Crippen LogP contribution >= 0.6 is 12.2 Å². The summed E-state index contributed by atoms with van der Waals surface area (Å²) in [6.07, 6.45) is 5.64. The van der Waals surface area contributed by atoms with Crippen LogP contribution in [0, 0.1) is 13.8 Å². The maximum Gasteiger partial charge on any atom is 0.269 e. The molecule has 5 nitrogen and oxygen atoms in total. The van der Waals surface area contributed by atoms with E-state index in [9.17, 15) is 9.59 Å². The van der Waals surface area contributed by atoms with E-state index in [2.05, 4.69) is 5.32 Å². The van der Waals surface area contributed by atoms with E-state index in [0.29, 0.717) is 12.1 Å². The minimum Gasteiger partial charge on any atom is -0.462 e. The van der Waals surface area contributed by atoms with Crippen LogP contribution in [0.25, 0.3) is 6.08 Å². The Morgan fingerprint density at radius 3 is 2.69 bits per heavy atom. The number of aryl methyl sites for hydroxylation is 2. The zero-order chi connectivity index (χ0) is 18.7. The highest BCUT2D eigenvalue weighted by molar-refractivity contribution is 7.80. The third-order valence-electron chi connectivity index (χ3n) is 3.86. The molecule has 0 aliphatic carbocycles. The summed E-state index contributed by atoms with van der Waals surface area (Å²) in [6, 6.07) is 11.1. The van der Waals surface area contributed by atoms with Gasteiger partial charge in [0.2, 0.25) is 0 Å². The third kappa shape index (κ3) is 3.81. The van der Waals surface area contributed by atoms with Crippen molar-refractivity contribution in [2.75, 3.05) is 4.90 Å². The van der Waals surface area contributed by atoms with Crippen LogP contribution in [-0.4, -0.2) is 16.9 Å². The summed E-state index contributed by atoms with van der Waals surface area (Å²) in [6.45, 7) is 3.80. The van der Waals surface area contributed by atoms with E-state index in [4.69, 9.17) is 16.6 Å². The highest BCUT2D eigenvalue weighted by Crippen LogP contribution is 2.22. The average molecular weight is 366 g/mol. The molecule has 2 heterocycles. The van der Waals surface area contributed by atoms with Crippen molar-refractivity contribution in [1.82, 2.24) is 5.32 Å². The van der Waals surface area contributed by atoms with Gasteiger partial charge in [-0.05, 0) is 68.4 Å². The molecule has 132 valence electrons. The van der Waals surface area contributed by atoms with E-state index in [1.54, 1.807) is 18.2 Å². The number of carbonyl (C=O) groups excluding carboxylic acids is 2. The lowest BCUT2D eigenvalue weighted by atomic mass is 10.1. The molecule has 2 aromatic rings. The molecule has 1 aromatic carbocycles. The Balaban J connectivity index is 1.79. The van der Waals surface area contributed by atoms with Gasteiger partial charge in [0, 0.05) is 0 Å². The number of hydrogen-bond donors (Lipinski definition) is 1. The number of benzene rings is 1. The van der Waals surface area contributed by atoms with Crippen LogP contribution in [0.1, 0.15) is 23.5 Å². The minimum absolute atomic E-state index is 0.0698. The largest absolute Gasteiger partial charge is 0.462 e. The summed E-state index contributed by atoms with van der Waals surface area (Å²) in [5, 5.41) is 2.66. The number of furan rings is 1. The molecule has 1 aromatic heterocycles. The lowest BCUT2D eigenvalue weighted by Gasteiger charge is -2.29. The molecule has 1 saturated heterocycles. The second-order valence-corrected chi connectivity index (χ2v) is 6.33. The van der Waals surface area contributed by atoms with Crippen LogP contribution in [0.2, 0.25) is 0 Å². The fraction of sp³-hybridized carbons (Fsp3) is 0.150. The van der Waals surface area contributed by atoms with Gasteiger partial charge in [-0.3, -0.25) is 19.8 Å². The molecular weight excluding hydrogens is 348 g/mol. The SMILES string of the molecule is Cc1cccc(N2C(=O)/C(=C/C/C=C/c3ccc(C)o3)C(=O)NC2=S)c1. The molecule has 1 N–H and O–H groups in total. The van der Waals surface area contributed by atoms with Crippen molar-refractivity contribution >= 4 is 40.9 Å². The van der Waals surface area contributed by atoms with E-state index in [1.165, 1.54) is 4.90 Å². The number of nitrogens with zero attached hydrogens (tertiary/aromatic N) is 1. The molecule has 0 atom stereocenters. The topological polar surface area (TPSA) is 62.6 Å². The van der Waals surface area contributed by atoms with Crippen LogP contribution in [0.4, 0.5) is 5.69 Å². The highest BCUT2D eigenvalue weighted by Gasteiger charge is 2.34. The third-order valence-corrected chi connectivity index (χ3v) is 4.15. The van der Waals surface area contributed by atoms with Crippen molar-refractivity contribution in [3.05, 3.63) is 71.2 Å². The Kier molecular flexibility index (Phi) is 5.14. The van der Waals surface area contributed by atoms with Crippen molar-refractivity contribution in [2.45, 2.75) is 20.3 Å². The second kappa shape index (κ2) is 7.49. The summed E-state index contributed by atoms with van der Waals surface area (Å²) in [5.41, 5.74) is 1.70. The molecule has 0 radical (unpaired) electrons. The van der Waals surface area contributed by atoms with Gasteiger partial charge in [0.1, 0.15) is 17.1 Å². The number of anilines is 1. The van der Waals surface area contributed by atoms with Gasteiger partial charge in [0.15, 0.2) is 5.11 Å². The van der Waals surface area contributed by atoms with Crippen molar-refractivity contribution in [3.63, 3.8) is 0 Å². The summed E-state index contributed by atoms with van der Waals surface area (Å²) >= 11 is 5.18. The molecule has 1 aliphatic rings. The van der Waals surface area contributed by atoms with Gasteiger partial charge < -0.3 is 4.42 Å². The van der Waals surface area contributed by atoms with Gasteiger partial charge in [0.25, 0.3) is 11.8 Å².